The lowest BCUT2D eigenvalue weighted by Gasteiger charge is -2.00. The van der Waals surface area contributed by atoms with Crippen LogP contribution in [-0.2, 0) is 4.79 Å². The van der Waals surface area contributed by atoms with E-state index in [9.17, 15) is 20.1 Å². The molecule has 6 N–H and O–H groups in total. The summed E-state index contributed by atoms with van der Waals surface area (Å²) in [6, 6.07) is 9.12. The molecule has 0 spiro atoms. The van der Waals surface area contributed by atoms with Crippen molar-refractivity contribution >= 4 is 23.0 Å². The Morgan fingerprint density at radius 3 is 2.58 bits per heavy atom. The standard InChI is InChI=1S/C19H18N2O5/c20-7-8-21-18(25)6-3-11-1-5-15(23)19-13(11)10-17(26-19)12-2-4-14(22)16(24)9-12/h1-6,9-10,22-24H,7-8,20H2,(H,21,25)/b6-3+. The molecule has 0 aliphatic carbocycles. The van der Waals surface area contributed by atoms with Crippen molar-refractivity contribution in [3.8, 4) is 28.6 Å². The van der Waals surface area contributed by atoms with Crippen LogP contribution in [0.15, 0.2) is 46.9 Å². The van der Waals surface area contributed by atoms with Crippen LogP contribution in [0.2, 0.25) is 0 Å². The Hall–Kier alpha value is -3.45. The molecule has 3 aromatic rings. The topological polar surface area (TPSA) is 129 Å². The van der Waals surface area contributed by atoms with Gasteiger partial charge in [-0.3, -0.25) is 4.79 Å². The lowest BCUT2D eigenvalue weighted by Crippen LogP contribution is -2.27. The maximum absolute atomic E-state index is 11.7. The summed E-state index contributed by atoms with van der Waals surface area (Å²) in [5.74, 6) is -0.425. The Labute approximate surface area is 149 Å². The highest BCUT2D eigenvalue weighted by atomic mass is 16.4. The van der Waals surface area contributed by atoms with Gasteiger partial charge >= 0.3 is 0 Å². The number of phenols is 3. The first kappa shape index (κ1) is 17.4. The largest absolute Gasteiger partial charge is 0.504 e. The molecule has 1 heterocycles. The molecule has 0 saturated carbocycles. The van der Waals surface area contributed by atoms with Crippen molar-refractivity contribution in [1.29, 1.82) is 0 Å². The maximum atomic E-state index is 11.7. The predicted molar refractivity (Wildman–Crippen MR) is 97.7 cm³/mol. The number of carbonyl (C=O) groups is 1. The molecule has 0 saturated heterocycles. The van der Waals surface area contributed by atoms with Crippen LogP contribution in [-0.4, -0.2) is 34.3 Å². The van der Waals surface area contributed by atoms with E-state index >= 15 is 0 Å². The lowest BCUT2D eigenvalue weighted by molar-refractivity contribution is -0.116. The smallest absolute Gasteiger partial charge is 0.244 e. The van der Waals surface area contributed by atoms with Crippen molar-refractivity contribution in [3.05, 3.63) is 48.0 Å². The van der Waals surface area contributed by atoms with Crippen molar-refractivity contribution in [3.63, 3.8) is 0 Å². The van der Waals surface area contributed by atoms with Gasteiger partial charge in [0.2, 0.25) is 5.91 Å². The first-order chi connectivity index (χ1) is 12.5. The highest BCUT2D eigenvalue weighted by Crippen LogP contribution is 2.37. The van der Waals surface area contributed by atoms with E-state index in [2.05, 4.69) is 5.32 Å². The number of amides is 1. The number of nitrogens with one attached hydrogen (secondary N) is 1. The summed E-state index contributed by atoms with van der Waals surface area (Å²) < 4.78 is 5.70. The monoisotopic (exact) mass is 354 g/mol. The number of benzene rings is 2. The van der Waals surface area contributed by atoms with Crippen molar-refractivity contribution < 1.29 is 24.5 Å². The molecule has 1 aromatic heterocycles. The van der Waals surface area contributed by atoms with E-state index in [0.29, 0.717) is 35.4 Å². The van der Waals surface area contributed by atoms with Crippen LogP contribution in [0.1, 0.15) is 5.56 Å². The number of carbonyl (C=O) groups excluding carboxylic acids is 1. The first-order valence-corrected chi connectivity index (χ1v) is 7.93. The summed E-state index contributed by atoms with van der Waals surface area (Å²) in [6.07, 6.45) is 2.99. The maximum Gasteiger partial charge on any atom is 0.244 e. The summed E-state index contributed by atoms with van der Waals surface area (Å²) in [5, 5.41) is 32.4. The van der Waals surface area contributed by atoms with E-state index in [1.807, 2.05) is 0 Å². The molecular weight excluding hydrogens is 336 g/mol. The molecule has 134 valence electrons. The Kier molecular flexibility index (Phi) is 4.81. The van der Waals surface area contributed by atoms with E-state index in [1.54, 1.807) is 24.3 Å². The van der Waals surface area contributed by atoms with Gasteiger partial charge in [-0.15, -0.1) is 0 Å². The first-order valence-electron chi connectivity index (χ1n) is 7.93. The van der Waals surface area contributed by atoms with Crippen LogP contribution in [0.25, 0.3) is 28.4 Å². The molecule has 0 aliphatic heterocycles. The molecular formula is C19H18N2O5. The average molecular weight is 354 g/mol. The van der Waals surface area contributed by atoms with Gasteiger partial charge in [0.1, 0.15) is 5.76 Å². The van der Waals surface area contributed by atoms with Crippen molar-refractivity contribution in [2.24, 2.45) is 5.73 Å². The van der Waals surface area contributed by atoms with Gasteiger partial charge in [0.25, 0.3) is 0 Å². The third kappa shape index (κ3) is 3.47. The number of aromatic hydroxyl groups is 3. The van der Waals surface area contributed by atoms with Gasteiger partial charge in [-0.2, -0.15) is 0 Å². The van der Waals surface area contributed by atoms with Crippen LogP contribution < -0.4 is 11.1 Å². The molecule has 2 aromatic carbocycles. The fourth-order valence-corrected chi connectivity index (χ4v) is 2.51. The van der Waals surface area contributed by atoms with Crippen molar-refractivity contribution in [2.75, 3.05) is 13.1 Å². The van der Waals surface area contributed by atoms with Gasteiger partial charge < -0.3 is 30.8 Å². The zero-order chi connectivity index (χ0) is 18.7. The van der Waals surface area contributed by atoms with E-state index in [1.165, 1.54) is 24.3 Å². The van der Waals surface area contributed by atoms with Crippen LogP contribution in [0.4, 0.5) is 0 Å². The molecule has 26 heavy (non-hydrogen) atoms. The second kappa shape index (κ2) is 7.20. The summed E-state index contributed by atoms with van der Waals surface area (Å²) in [6.45, 7) is 0.738. The van der Waals surface area contributed by atoms with Gasteiger partial charge in [0.15, 0.2) is 22.8 Å². The Morgan fingerprint density at radius 2 is 1.85 bits per heavy atom. The SMILES string of the molecule is NCCNC(=O)/C=C/c1ccc(O)c2oc(-c3ccc(O)c(O)c3)cc12. The summed E-state index contributed by atoms with van der Waals surface area (Å²) in [4.78, 5) is 11.7. The molecule has 7 heteroatoms. The van der Waals surface area contributed by atoms with E-state index in [4.69, 9.17) is 10.2 Å². The number of nitrogens with two attached hydrogens (primary N) is 1. The highest BCUT2D eigenvalue weighted by Gasteiger charge is 2.13. The molecule has 0 bridgehead atoms. The molecule has 0 unspecified atom stereocenters. The van der Waals surface area contributed by atoms with Crippen LogP contribution in [0, 0.1) is 0 Å². The Balaban J connectivity index is 2.00. The number of furan rings is 1. The molecule has 0 radical (unpaired) electrons. The second-order valence-corrected chi connectivity index (χ2v) is 5.64. The van der Waals surface area contributed by atoms with Crippen LogP contribution in [0.3, 0.4) is 0 Å². The Morgan fingerprint density at radius 1 is 1.08 bits per heavy atom. The van der Waals surface area contributed by atoms with Gasteiger partial charge in [0.05, 0.1) is 0 Å². The zero-order valence-corrected chi connectivity index (χ0v) is 13.8. The van der Waals surface area contributed by atoms with E-state index in [0.717, 1.165) is 0 Å². The fourth-order valence-electron chi connectivity index (χ4n) is 2.51. The number of hydrogen-bond acceptors (Lipinski definition) is 6. The molecule has 7 nitrogen and oxygen atoms in total. The van der Waals surface area contributed by atoms with Gasteiger partial charge in [0, 0.05) is 30.1 Å². The molecule has 0 atom stereocenters. The number of hydrogen-bond donors (Lipinski definition) is 5. The van der Waals surface area contributed by atoms with Crippen LogP contribution in [0.5, 0.6) is 17.2 Å². The zero-order valence-electron chi connectivity index (χ0n) is 13.8. The van der Waals surface area contributed by atoms with Crippen LogP contribution >= 0.6 is 0 Å². The second-order valence-electron chi connectivity index (χ2n) is 5.64. The normalized spacial score (nSPS) is 11.3. The van der Waals surface area contributed by atoms with Gasteiger partial charge in [-0.1, -0.05) is 6.07 Å². The minimum absolute atomic E-state index is 0.0426. The Bertz CT molecular complexity index is 991. The van der Waals surface area contributed by atoms with E-state index in [-0.39, 0.29) is 28.7 Å². The van der Waals surface area contributed by atoms with Crippen molar-refractivity contribution in [2.45, 2.75) is 0 Å². The average Bonchev–Trinajstić information content (AvgIpc) is 3.08. The minimum Gasteiger partial charge on any atom is -0.504 e. The third-order valence-electron chi connectivity index (χ3n) is 3.81. The number of rotatable bonds is 5. The quantitative estimate of drug-likeness (QED) is 0.353. The van der Waals surface area contributed by atoms with Gasteiger partial charge in [-0.05, 0) is 42.0 Å². The molecule has 3 rings (SSSR count). The summed E-state index contributed by atoms with van der Waals surface area (Å²) >= 11 is 0. The lowest BCUT2D eigenvalue weighted by atomic mass is 10.1. The van der Waals surface area contributed by atoms with Gasteiger partial charge in [-0.25, -0.2) is 0 Å². The summed E-state index contributed by atoms with van der Waals surface area (Å²) in [5.41, 5.74) is 6.82. The van der Waals surface area contributed by atoms with Crippen molar-refractivity contribution in [1.82, 2.24) is 5.32 Å². The fraction of sp³-hybridized carbons (Fsp3) is 0.105. The predicted octanol–water partition coefficient (Wildman–Crippen LogP) is 2.30. The molecule has 1 amide bonds. The number of fused-ring (bicyclic) bond motifs is 1. The third-order valence-corrected chi connectivity index (χ3v) is 3.81. The minimum atomic E-state index is -0.274. The van der Waals surface area contributed by atoms with E-state index < -0.39 is 0 Å². The molecule has 0 aliphatic rings. The number of phenolic OH excluding ortho intramolecular Hbond substituents is 3. The highest BCUT2D eigenvalue weighted by molar-refractivity contribution is 5.98. The summed E-state index contributed by atoms with van der Waals surface area (Å²) in [7, 11) is 0. The molecule has 0 fully saturated rings.